The Morgan fingerprint density at radius 2 is 2.16 bits per heavy atom. The Hall–Kier alpha value is -2.30. The molecule has 2 rings (SSSR count). The molecule has 0 fully saturated rings. The molecule has 0 bridgehead atoms. The van der Waals surface area contributed by atoms with Crippen LogP contribution in [0.5, 0.6) is 0 Å². The van der Waals surface area contributed by atoms with Crippen LogP contribution in [0.25, 0.3) is 0 Å². The van der Waals surface area contributed by atoms with Crippen molar-refractivity contribution >= 4 is 11.7 Å². The van der Waals surface area contributed by atoms with Gasteiger partial charge in [0.25, 0.3) is 0 Å². The van der Waals surface area contributed by atoms with E-state index in [1.807, 2.05) is 6.07 Å². The SMILES string of the molecule is COC(=O)c1ccc(CNc2ccc(C)c(F)c2)[nH]1. The molecule has 100 valence electrons. The van der Waals surface area contributed by atoms with Crippen LogP contribution in [0.3, 0.4) is 0 Å². The molecule has 1 aromatic heterocycles. The van der Waals surface area contributed by atoms with Gasteiger partial charge >= 0.3 is 5.97 Å². The molecule has 2 aromatic rings. The first-order chi connectivity index (χ1) is 9.10. The number of aromatic nitrogens is 1. The van der Waals surface area contributed by atoms with Gasteiger partial charge in [0.1, 0.15) is 11.5 Å². The fourth-order valence-corrected chi connectivity index (χ4v) is 1.67. The molecular formula is C14H15FN2O2. The maximum Gasteiger partial charge on any atom is 0.354 e. The number of rotatable bonds is 4. The predicted molar refractivity (Wildman–Crippen MR) is 70.6 cm³/mol. The molecule has 1 aromatic carbocycles. The molecule has 19 heavy (non-hydrogen) atoms. The molecule has 0 spiro atoms. The van der Waals surface area contributed by atoms with Crippen LogP contribution >= 0.6 is 0 Å². The molecule has 0 saturated heterocycles. The van der Waals surface area contributed by atoms with Crippen LogP contribution in [0, 0.1) is 12.7 Å². The second-order valence-corrected chi connectivity index (χ2v) is 4.21. The molecule has 2 N–H and O–H groups in total. The molecule has 0 aliphatic carbocycles. The van der Waals surface area contributed by atoms with Crippen molar-refractivity contribution in [2.24, 2.45) is 0 Å². The van der Waals surface area contributed by atoms with Crippen LogP contribution < -0.4 is 5.32 Å². The van der Waals surface area contributed by atoms with Crippen LogP contribution in [0.4, 0.5) is 10.1 Å². The normalized spacial score (nSPS) is 10.3. The van der Waals surface area contributed by atoms with E-state index in [-0.39, 0.29) is 5.82 Å². The highest BCUT2D eigenvalue weighted by Crippen LogP contribution is 2.14. The van der Waals surface area contributed by atoms with Gasteiger partial charge in [-0.2, -0.15) is 0 Å². The molecule has 0 atom stereocenters. The monoisotopic (exact) mass is 262 g/mol. The zero-order valence-corrected chi connectivity index (χ0v) is 10.8. The largest absolute Gasteiger partial charge is 0.464 e. The number of hydrogen-bond donors (Lipinski definition) is 2. The Morgan fingerprint density at radius 1 is 1.37 bits per heavy atom. The third-order valence-corrected chi connectivity index (χ3v) is 2.81. The lowest BCUT2D eigenvalue weighted by atomic mass is 10.2. The molecular weight excluding hydrogens is 247 g/mol. The first kappa shape index (κ1) is 13.1. The lowest BCUT2D eigenvalue weighted by Crippen LogP contribution is -2.04. The number of aryl methyl sites for hydroxylation is 1. The number of anilines is 1. The molecule has 4 nitrogen and oxygen atoms in total. The second-order valence-electron chi connectivity index (χ2n) is 4.21. The van der Waals surface area contributed by atoms with E-state index in [4.69, 9.17) is 0 Å². The van der Waals surface area contributed by atoms with E-state index in [0.717, 1.165) is 5.69 Å². The predicted octanol–water partition coefficient (Wildman–Crippen LogP) is 2.86. The van der Waals surface area contributed by atoms with Crippen molar-refractivity contribution in [3.05, 3.63) is 53.1 Å². The summed E-state index contributed by atoms with van der Waals surface area (Å²) in [6.07, 6.45) is 0. The lowest BCUT2D eigenvalue weighted by Gasteiger charge is -2.06. The van der Waals surface area contributed by atoms with Gasteiger partial charge in [0.2, 0.25) is 0 Å². The Bertz CT molecular complexity index is 593. The van der Waals surface area contributed by atoms with Gasteiger partial charge < -0.3 is 15.0 Å². The number of halogens is 1. The van der Waals surface area contributed by atoms with E-state index in [1.54, 1.807) is 25.1 Å². The number of benzene rings is 1. The van der Waals surface area contributed by atoms with Crippen molar-refractivity contribution in [1.29, 1.82) is 0 Å². The van der Waals surface area contributed by atoms with E-state index < -0.39 is 5.97 Å². The number of esters is 1. The Balaban J connectivity index is 2.00. The summed E-state index contributed by atoms with van der Waals surface area (Å²) < 4.78 is 18.0. The standard InChI is InChI=1S/C14H15FN2O2/c1-9-3-4-10(7-12(9)15)16-8-11-5-6-13(17-11)14(18)19-2/h3-7,16-17H,8H2,1-2H3. The molecule has 1 heterocycles. The summed E-state index contributed by atoms with van der Waals surface area (Å²) in [6.45, 7) is 2.19. The van der Waals surface area contributed by atoms with Crippen molar-refractivity contribution in [1.82, 2.24) is 4.98 Å². The highest BCUT2D eigenvalue weighted by molar-refractivity contribution is 5.87. The fraction of sp³-hybridized carbons (Fsp3) is 0.214. The van der Waals surface area contributed by atoms with Crippen molar-refractivity contribution in [2.45, 2.75) is 13.5 Å². The average molecular weight is 262 g/mol. The van der Waals surface area contributed by atoms with Gasteiger partial charge in [0.15, 0.2) is 0 Å². The van der Waals surface area contributed by atoms with Crippen molar-refractivity contribution in [3.8, 4) is 0 Å². The first-order valence-electron chi connectivity index (χ1n) is 5.86. The number of nitrogens with one attached hydrogen (secondary N) is 2. The van der Waals surface area contributed by atoms with Crippen LogP contribution in [-0.2, 0) is 11.3 Å². The number of methoxy groups -OCH3 is 1. The van der Waals surface area contributed by atoms with E-state index in [0.29, 0.717) is 23.5 Å². The molecule has 0 aliphatic heterocycles. The minimum atomic E-state index is -0.410. The van der Waals surface area contributed by atoms with Gasteiger partial charge in [0.05, 0.1) is 13.7 Å². The summed E-state index contributed by atoms with van der Waals surface area (Å²) in [7, 11) is 1.33. The van der Waals surface area contributed by atoms with Crippen molar-refractivity contribution < 1.29 is 13.9 Å². The smallest absolute Gasteiger partial charge is 0.354 e. The summed E-state index contributed by atoms with van der Waals surface area (Å²) in [5.41, 5.74) is 2.52. The molecule has 0 saturated carbocycles. The van der Waals surface area contributed by atoms with Crippen LogP contribution in [0.15, 0.2) is 30.3 Å². The van der Waals surface area contributed by atoms with Crippen molar-refractivity contribution in [3.63, 3.8) is 0 Å². The third-order valence-electron chi connectivity index (χ3n) is 2.81. The van der Waals surface area contributed by atoms with Crippen LogP contribution in [-0.4, -0.2) is 18.1 Å². The number of aromatic amines is 1. The minimum Gasteiger partial charge on any atom is -0.464 e. The molecule has 0 radical (unpaired) electrons. The van der Waals surface area contributed by atoms with E-state index in [2.05, 4.69) is 15.0 Å². The highest BCUT2D eigenvalue weighted by atomic mass is 19.1. The summed E-state index contributed by atoms with van der Waals surface area (Å²) in [4.78, 5) is 14.2. The molecule has 0 unspecified atom stereocenters. The topological polar surface area (TPSA) is 54.1 Å². The number of H-pyrrole nitrogens is 1. The van der Waals surface area contributed by atoms with Gasteiger partial charge in [0, 0.05) is 11.4 Å². The van der Waals surface area contributed by atoms with Gasteiger partial charge in [-0.15, -0.1) is 0 Å². The number of carbonyl (C=O) groups is 1. The van der Waals surface area contributed by atoms with Gasteiger partial charge in [-0.3, -0.25) is 0 Å². The number of ether oxygens (including phenoxy) is 1. The highest BCUT2D eigenvalue weighted by Gasteiger charge is 2.07. The first-order valence-corrected chi connectivity index (χ1v) is 5.86. The van der Waals surface area contributed by atoms with Crippen LogP contribution in [0.2, 0.25) is 0 Å². The molecule has 0 amide bonds. The number of hydrogen-bond acceptors (Lipinski definition) is 3. The summed E-state index contributed by atoms with van der Waals surface area (Å²) in [5.74, 6) is -0.653. The maximum absolute atomic E-state index is 13.4. The Labute approximate surface area is 110 Å². The van der Waals surface area contributed by atoms with Crippen molar-refractivity contribution in [2.75, 3.05) is 12.4 Å². The fourth-order valence-electron chi connectivity index (χ4n) is 1.67. The second kappa shape index (κ2) is 5.56. The zero-order chi connectivity index (χ0) is 13.8. The molecule has 0 aliphatic rings. The Kier molecular flexibility index (Phi) is 3.85. The average Bonchev–Trinajstić information content (AvgIpc) is 2.88. The Morgan fingerprint density at radius 3 is 2.84 bits per heavy atom. The summed E-state index contributed by atoms with van der Waals surface area (Å²) in [6, 6.07) is 8.40. The zero-order valence-electron chi connectivity index (χ0n) is 10.8. The quantitative estimate of drug-likeness (QED) is 0.833. The summed E-state index contributed by atoms with van der Waals surface area (Å²) >= 11 is 0. The van der Waals surface area contributed by atoms with Gasteiger partial charge in [-0.1, -0.05) is 6.07 Å². The van der Waals surface area contributed by atoms with E-state index in [1.165, 1.54) is 13.2 Å². The van der Waals surface area contributed by atoms with Gasteiger partial charge in [-0.25, -0.2) is 9.18 Å². The van der Waals surface area contributed by atoms with E-state index in [9.17, 15) is 9.18 Å². The minimum absolute atomic E-state index is 0.244. The third kappa shape index (κ3) is 3.13. The number of carbonyl (C=O) groups excluding carboxylic acids is 1. The van der Waals surface area contributed by atoms with Gasteiger partial charge in [-0.05, 0) is 36.8 Å². The van der Waals surface area contributed by atoms with E-state index >= 15 is 0 Å². The lowest BCUT2D eigenvalue weighted by molar-refractivity contribution is 0.0594. The summed E-state index contributed by atoms with van der Waals surface area (Å²) in [5, 5.41) is 3.08. The maximum atomic E-state index is 13.4. The molecule has 5 heteroatoms. The van der Waals surface area contributed by atoms with Crippen LogP contribution in [0.1, 0.15) is 21.7 Å².